The van der Waals surface area contributed by atoms with Gasteiger partial charge in [0, 0.05) is 16.5 Å². The lowest BCUT2D eigenvalue weighted by Gasteiger charge is -2.10. The summed E-state index contributed by atoms with van der Waals surface area (Å²) in [6.07, 6.45) is 2.02. The lowest BCUT2D eigenvalue weighted by atomic mass is 10.1. The van der Waals surface area contributed by atoms with Crippen LogP contribution in [0.4, 0.5) is 5.69 Å². The second-order valence-electron chi connectivity index (χ2n) is 7.95. The first-order valence-electron chi connectivity index (χ1n) is 10.4. The van der Waals surface area contributed by atoms with Gasteiger partial charge in [0.25, 0.3) is 11.8 Å². The highest BCUT2D eigenvalue weighted by atomic mass is 35.5. The van der Waals surface area contributed by atoms with E-state index in [0.29, 0.717) is 27.7 Å². The van der Waals surface area contributed by atoms with Gasteiger partial charge < -0.3 is 10.6 Å². The van der Waals surface area contributed by atoms with Crippen molar-refractivity contribution in [3.63, 3.8) is 0 Å². The van der Waals surface area contributed by atoms with E-state index in [1.54, 1.807) is 18.2 Å². The summed E-state index contributed by atoms with van der Waals surface area (Å²) in [5.74, 6) is -0.399. The van der Waals surface area contributed by atoms with Crippen molar-refractivity contribution in [3.8, 4) is 0 Å². The third kappa shape index (κ3) is 4.26. The fourth-order valence-electron chi connectivity index (χ4n) is 3.56. The smallest absolute Gasteiger partial charge is 0.265 e. The van der Waals surface area contributed by atoms with Crippen molar-refractivity contribution in [1.29, 1.82) is 0 Å². The van der Waals surface area contributed by atoms with Crippen LogP contribution in [-0.2, 0) is 6.54 Å². The Morgan fingerprint density at radius 3 is 2.62 bits per heavy atom. The molecule has 2 aromatic carbocycles. The number of anilines is 1. The highest BCUT2D eigenvalue weighted by Gasteiger charge is 2.25. The van der Waals surface area contributed by atoms with Crippen LogP contribution in [0.15, 0.2) is 54.6 Å². The third-order valence-corrected chi connectivity index (χ3v) is 6.81. The number of benzene rings is 2. The minimum absolute atomic E-state index is 0.158. The molecule has 1 aliphatic rings. The van der Waals surface area contributed by atoms with Gasteiger partial charge in [0.2, 0.25) is 0 Å². The summed E-state index contributed by atoms with van der Waals surface area (Å²) < 4.78 is 1.91. The van der Waals surface area contributed by atoms with E-state index >= 15 is 0 Å². The molecule has 2 aromatic heterocycles. The molecule has 1 saturated carbocycles. The van der Waals surface area contributed by atoms with E-state index in [9.17, 15) is 9.59 Å². The zero-order valence-corrected chi connectivity index (χ0v) is 19.0. The molecular weight excluding hydrogens is 444 g/mol. The zero-order valence-electron chi connectivity index (χ0n) is 17.4. The number of nitrogens with zero attached hydrogens (tertiary/aromatic N) is 2. The van der Waals surface area contributed by atoms with Gasteiger partial charge in [-0.3, -0.25) is 14.3 Å². The minimum atomic E-state index is -0.240. The van der Waals surface area contributed by atoms with Gasteiger partial charge in [0.05, 0.1) is 28.4 Å². The maximum Gasteiger partial charge on any atom is 0.265 e. The van der Waals surface area contributed by atoms with Crippen LogP contribution in [0.1, 0.15) is 44.1 Å². The third-order valence-electron chi connectivity index (χ3n) is 5.41. The Balaban J connectivity index is 1.39. The van der Waals surface area contributed by atoms with Gasteiger partial charge in [-0.1, -0.05) is 35.9 Å². The quantitative estimate of drug-likeness (QED) is 0.409. The number of carbonyl (C=O) groups is 2. The summed E-state index contributed by atoms with van der Waals surface area (Å²) in [4.78, 5) is 27.1. The minimum Gasteiger partial charge on any atom is -0.349 e. The van der Waals surface area contributed by atoms with Crippen molar-refractivity contribution in [2.45, 2.75) is 32.4 Å². The lowest BCUT2D eigenvalue weighted by Crippen LogP contribution is -2.26. The van der Waals surface area contributed by atoms with Crippen LogP contribution >= 0.6 is 22.9 Å². The summed E-state index contributed by atoms with van der Waals surface area (Å²) in [6, 6.07) is 16.8. The van der Waals surface area contributed by atoms with E-state index in [1.165, 1.54) is 11.3 Å². The highest BCUT2D eigenvalue weighted by Crippen LogP contribution is 2.30. The molecule has 0 radical (unpaired) electrons. The second-order valence-corrected chi connectivity index (χ2v) is 9.41. The summed E-state index contributed by atoms with van der Waals surface area (Å²) in [6.45, 7) is 2.53. The molecule has 1 fully saturated rings. The van der Waals surface area contributed by atoms with Crippen molar-refractivity contribution < 1.29 is 9.59 Å². The van der Waals surface area contributed by atoms with E-state index in [-0.39, 0.29) is 17.9 Å². The van der Waals surface area contributed by atoms with Gasteiger partial charge in [0.1, 0.15) is 4.83 Å². The number of thiophene rings is 1. The highest BCUT2D eigenvalue weighted by molar-refractivity contribution is 7.20. The number of para-hydroxylation sites is 1. The van der Waals surface area contributed by atoms with Crippen molar-refractivity contribution in [3.05, 3.63) is 81.3 Å². The van der Waals surface area contributed by atoms with Crippen LogP contribution in [0.25, 0.3) is 10.2 Å². The molecule has 0 spiro atoms. The molecule has 2 amide bonds. The Kier molecular flexibility index (Phi) is 5.45. The summed E-state index contributed by atoms with van der Waals surface area (Å²) in [7, 11) is 0. The molecule has 0 atom stereocenters. The lowest BCUT2D eigenvalue weighted by molar-refractivity contribution is 0.0952. The second kappa shape index (κ2) is 8.41. The van der Waals surface area contributed by atoms with E-state index in [1.807, 2.05) is 48.0 Å². The molecule has 32 heavy (non-hydrogen) atoms. The predicted molar refractivity (Wildman–Crippen MR) is 128 cm³/mol. The average Bonchev–Trinajstić information content (AvgIpc) is 3.39. The van der Waals surface area contributed by atoms with Gasteiger partial charge in [-0.25, -0.2) is 0 Å². The number of rotatable bonds is 6. The molecule has 0 bridgehead atoms. The Hall–Kier alpha value is -3.16. The molecule has 4 aromatic rings. The van der Waals surface area contributed by atoms with Gasteiger partial charge >= 0.3 is 0 Å². The van der Waals surface area contributed by atoms with Crippen LogP contribution in [0.3, 0.4) is 0 Å². The van der Waals surface area contributed by atoms with Gasteiger partial charge in [0.15, 0.2) is 0 Å². The number of fused-ring (bicyclic) bond motifs is 1. The molecule has 0 saturated heterocycles. The van der Waals surface area contributed by atoms with E-state index in [2.05, 4.69) is 15.7 Å². The van der Waals surface area contributed by atoms with Gasteiger partial charge in [-0.05, 0) is 55.7 Å². The Morgan fingerprint density at radius 1 is 1.12 bits per heavy atom. The predicted octanol–water partition coefficient (Wildman–Crippen LogP) is 5.25. The SMILES string of the molecule is Cc1nn(Cc2ccc(Cl)cc2)c2sc(C(=O)Nc3ccccc3C(=O)NC3CC3)cc12. The normalized spacial score (nSPS) is 13.3. The molecule has 5 rings (SSSR count). The topological polar surface area (TPSA) is 76.0 Å². The number of amides is 2. The number of halogens is 1. The summed E-state index contributed by atoms with van der Waals surface area (Å²) >= 11 is 7.38. The molecule has 8 heteroatoms. The number of hydrogen-bond donors (Lipinski definition) is 2. The van der Waals surface area contributed by atoms with E-state index in [0.717, 1.165) is 34.3 Å². The van der Waals surface area contributed by atoms with Crippen LogP contribution in [0.2, 0.25) is 5.02 Å². The molecule has 0 unspecified atom stereocenters. The summed E-state index contributed by atoms with van der Waals surface area (Å²) in [5.41, 5.74) is 2.92. The average molecular weight is 465 g/mol. The molecule has 2 N–H and O–H groups in total. The Bertz CT molecular complexity index is 1320. The van der Waals surface area contributed by atoms with Crippen LogP contribution < -0.4 is 10.6 Å². The summed E-state index contributed by atoms with van der Waals surface area (Å²) in [5, 5.41) is 12.2. The molecule has 6 nitrogen and oxygen atoms in total. The van der Waals surface area contributed by atoms with Crippen molar-refractivity contribution >= 4 is 50.7 Å². The number of aromatic nitrogens is 2. The molecule has 0 aliphatic heterocycles. The standard InChI is InChI=1S/C24H21ClN4O2S/c1-14-19-12-21(32-24(19)29(28-14)13-15-6-8-16(25)9-7-15)23(31)27-20-5-3-2-4-18(20)22(30)26-17-10-11-17/h2-9,12,17H,10-11,13H2,1H3,(H,26,30)(H,27,31). The Labute approximate surface area is 194 Å². The van der Waals surface area contributed by atoms with Crippen molar-refractivity contribution in [2.75, 3.05) is 5.32 Å². The first-order chi connectivity index (χ1) is 15.5. The van der Waals surface area contributed by atoms with Gasteiger partial charge in [-0.15, -0.1) is 11.3 Å². The first kappa shape index (κ1) is 20.7. The monoisotopic (exact) mass is 464 g/mol. The first-order valence-corrected chi connectivity index (χ1v) is 11.6. The largest absolute Gasteiger partial charge is 0.349 e. The van der Waals surface area contributed by atoms with E-state index in [4.69, 9.17) is 11.6 Å². The number of nitrogens with one attached hydrogen (secondary N) is 2. The van der Waals surface area contributed by atoms with Crippen molar-refractivity contribution in [2.24, 2.45) is 0 Å². The fraction of sp³-hybridized carbons (Fsp3) is 0.208. The van der Waals surface area contributed by atoms with Crippen LogP contribution in [-0.4, -0.2) is 27.6 Å². The van der Waals surface area contributed by atoms with Gasteiger partial charge in [-0.2, -0.15) is 5.10 Å². The molecule has 162 valence electrons. The zero-order chi connectivity index (χ0) is 22.2. The van der Waals surface area contributed by atoms with Crippen LogP contribution in [0, 0.1) is 6.92 Å². The Morgan fingerprint density at radius 2 is 1.88 bits per heavy atom. The maximum atomic E-state index is 13.0. The number of hydrogen-bond acceptors (Lipinski definition) is 4. The number of carbonyl (C=O) groups excluding carboxylic acids is 2. The molecule has 1 aliphatic carbocycles. The van der Waals surface area contributed by atoms with E-state index < -0.39 is 0 Å². The molecule has 2 heterocycles. The van der Waals surface area contributed by atoms with Crippen LogP contribution in [0.5, 0.6) is 0 Å². The maximum absolute atomic E-state index is 13.0. The molecular formula is C24H21ClN4O2S. The number of aryl methyl sites for hydroxylation is 1. The fourth-order valence-corrected chi connectivity index (χ4v) is 4.74. The van der Waals surface area contributed by atoms with Crippen molar-refractivity contribution in [1.82, 2.24) is 15.1 Å².